The number of hydrogen-bond donors (Lipinski definition) is 1. The zero-order valence-electron chi connectivity index (χ0n) is 11.2. The van der Waals surface area contributed by atoms with E-state index in [0.29, 0.717) is 17.3 Å². The molecule has 19 heavy (non-hydrogen) atoms. The van der Waals surface area contributed by atoms with Crippen LogP contribution in [0.15, 0.2) is 17.5 Å². The van der Waals surface area contributed by atoms with Crippen molar-refractivity contribution in [3.63, 3.8) is 0 Å². The van der Waals surface area contributed by atoms with Crippen molar-refractivity contribution in [3.05, 3.63) is 22.4 Å². The highest BCUT2D eigenvalue weighted by molar-refractivity contribution is 9.09. The second kappa shape index (κ2) is 8.05. The smallest absolute Gasteiger partial charge is 0.220 e. The Morgan fingerprint density at radius 1 is 1.37 bits per heavy atom. The molecule has 0 aromatic carbocycles. The van der Waals surface area contributed by atoms with E-state index in [1.165, 1.54) is 30.6 Å². The van der Waals surface area contributed by atoms with Gasteiger partial charge in [0.1, 0.15) is 0 Å². The quantitative estimate of drug-likeness (QED) is 0.627. The number of aryl methyl sites for hydroxylation is 1. The predicted octanol–water partition coefficient (Wildman–Crippen LogP) is 4.28. The molecule has 2 atom stereocenters. The SMILES string of the molecule is O=C(CCCc1cccs1)NC1CCCCCC1Br. The summed E-state index contributed by atoms with van der Waals surface area (Å²) in [7, 11) is 0. The van der Waals surface area contributed by atoms with Gasteiger partial charge in [0.05, 0.1) is 0 Å². The summed E-state index contributed by atoms with van der Waals surface area (Å²) in [4.78, 5) is 13.8. The van der Waals surface area contributed by atoms with Gasteiger partial charge in [0.15, 0.2) is 0 Å². The molecule has 0 aliphatic heterocycles. The molecule has 1 heterocycles. The fourth-order valence-corrected chi connectivity index (χ4v) is 4.05. The first-order valence-corrected chi connectivity index (χ1v) is 9.01. The highest BCUT2D eigenvalue weighted by Gasteiger charge is 2.22. The molecule has 1 saturated carbocycles. The van der Waals surface area contributed by atoms with Gasteiger partial charge >= 0.3 is 0 Å². The van der Waals surface area contributed by atoms with E-state index in [2.05, 4.69) is 38.8 Å². The van der Waals surface area contributed by atoms with E-state index in [1.54, 1.807) is 11.3 Å². The summed E-state index contributed by atoms with van der Waals surface area (Å²) in [6.45, 7) is 0. The van der Waals surface area contributed by atoms with Gasteiger partial charge in [0.25, 0.3) is 0 Å². The maximum Gasteiger partial charge on any atom is 0.220 e. The number of carbonyl (C=O) groups is 1. The topological polar surface area (TPSA) is 29.1 Å². The van der Waals surface area contributed by atoms with Crippen molar-refractivity contribution < 1.29 is 4.79 Å². The summed E-state index contributed by atoms with van der Waals surface area (Å²) in [5, 5.41) is 5.30. The summed E-state index contributed by atoms with van der Waals surface area (Å²) < 4.78 is 0. The largest absolute Gasteiger partial charge is 0.352 e. The monoisotopic (exact) mass is 343 g/mol. The van der Waals surface area contributed by atoms with E-state index in [0.717, 1.165) is 19.3 Å². The Hall–Kier alpha value is -0.350. The lowest BCUT2D eigenvalue weighted by molar-refractivity contribution is -0.121. The van der Waals surface area contributed by atoms with Crippen LogP contribution in [-0.4, -0.2) is 16.8 Å². The first-order chi connectivity index (χ1) is 9.25. The molecule has 2 rings (SSSR count). The van der Waals surface area contributed by atoms with Gasteiger partial charge in [-0.05, 0) is 37.1 Å². The summed E-state index contributed by atoms with van der Waals surface area (Å²) in [6, 6.07) is 4.54. The molecule has 1 fully saturated rings. The molecular formula is C15H22BrNOS. The standard InChI is InChI=1S/C15H22BrNOS/c16-13-8-2-1-3-9-14(13)17-15(18)10-4-6-12-7-5-11-19-12/h5,7,11,13-14H,1-4,6,8-10H2,(H,17,18). The molecule has 1 aromatic rings. The summed E-state index contributed by atoms with van der Waals surface area (Å²) in [6.07, 6.45) is 8.73. The van der Waals surface area contributed by atoms with Crippen LogP contribution in [0.4, 0.5) is 0 Å². The molecule has 1 aliphatic rings. The van der Waals surface area contributed by atoms with Gasteiger partial charge in [-0.25, -0.2) is 0 Å². The van der Waals surface area contributed by atoms with Crippen LogP contribution in [0.3, 0.4) is 0 Å². The van der Waals surface area contributed by atoms with Crippen LogP contribution < -0.4 is 5.32 Å². The number of alkyl halides is 1. The van der Waals surface area contributed by atoms with Crippen molar-refractivity contribution in [2.45, 2.75) is 62.2 Å². The number of rotatable bonds is 5. The van der Waals surface area contributed by atoms with Crippen molar-refractivity contribution in [2.24, 2.45) is 0 Å². The second-order valence-electron chi connectivity index (χ2n) is 5.26. The third-order valence-corrected chi connectivity index (χ3v) is 5.72. The van der Waals surface area contributed by atoms with E-state index < -0.39 is 0 Å². The molecule has 1 N–H and O–H groups in total. The van der Waals surface area contributed by atoms with E-state index in [9.17, 15) is 4.79 Å². The van der Waals surface area contributed by atoms with Crippen molar-refractivity contribution in [1.82, 2.24) is 5.32 Å². The van der Waals surface area contributed by atoms with Gasteiger partial charge in [0.2, 0.25) is 5.91 Å². The lowest BCUT2D eigenvalue weighted by Gasteiger charge is -2.21. The molecule has 0 bridgehead atoms. The Labute approximate surface area is 128 Å². The average molecular weight is 344 g/mol. The number of amides is 1. The van der Waals surface area contributed by atoms with E-state index >= 15 is 0 Å². The molecule has 1 aromatic heterocycles. The van der Waals surface area contributed by atoms with Crippen LogP contribution in [0.25, 0.3) is 0 Å². The maximum atomic E-state index is 12.0. The van der Waals surface area contributed by atoms with Gasteiger partial charge in [-0.3, -0.25) is 4.79 Å². The van der Waals surface area contributed by atoms with Crippen molar-refractivity contribution >= 4 is 33.2 Å². The molecule has 0 spiro atoms. The number of thiophene rings is 1. The molecule has 2 unspecified atom stereocenters. The van der Waals surface area contributed by atoms with Gasteiger partial charge in [-0.1, -0.05) is 41.3 Å². The Morgan fingerprint density at radius 2 is 2.21 bits per heavy atom. The Kier molecular flexibility index (Phi) is 6.38. The third-order valence-electron chi connectivity index (χ3n) is 3.69. The van der Waals surface area contributed by atoms with Crippen LogP contribution >= 0.6 is 27.3 Å². The van der Waals surface area contributed by atoms with Crippen LogP contribution in [-0.2, 0) is 11.2 Å². The lowest BCUT2D eigenvalue weighted by atomic mass is 10.1. The fourth-order valence-electron chi connectivity index (χ4n) is 2.58. The average Bonchev–Trinajstić information content (AvgIpc) is 2.82. The first kappa shape index (κ1) is 15.0. The Morgan fingerprint density at radius 3 is 3.00 bits per heavy atom. The summed E-state index contributed by atoms with van der Waals surface area (Å²) >= 11 is 5.49. The number of halogens is 1. The third kappa shape index (κ3) is 5.27. The molecule has 0 saturated heterocycles. The van der Waals surface area contributed by atoms with Crippen LogP contribution in [0.5, 0.6) is 0 Å². The maximum absolute atomic E-state index is 12.0. The van der Waals surface area contributed by atoms with Gasteiger partial charge in [-0.2, -0.15) is 0 Å². The molecule has 4 heteroatoms. The lowest BCUT2D eigenvalue weighted by Crippen LogP contribution is -2.40. The molecule has 106 valence electrons. The summed E-state index contributed by atoms with van der Waals surface area (Å²) in [5.41, 5.74) is 0. The highest BCUT2D eigenvalue weighted by Crippen LogP contribution is 2.23. The zero-order chi connectivity index (χ0) is 13.5. The van der Waals surface area contributed by atoms with Crippen LogP contribution in [0.2, 0.25) is 0 Å². The second-order valence-corrected chi connectivity index (χ2v) is 7.47. The van der Waals surface area contributed by atoms with Crippen LogP contribution in [0.1, 0.15) is 49.8 Å². The van der Waals surface area contributed by atoms with Crippen molar-refractivity contribution in [1.29, 1.82) is 0 Å². The molecule has 1 aliphatic carbocycles. The Bertz CT molecular complexity index is 380. The first-order valence-electron chi connectivity index (χ1n) is 7.21. The minimum absolute atomic E-state index is 0.216. The number of nitrogens with one attached hydrogen (secondary N) is 1. The van der Waals surface area contributed by atoms with Crippen LogP contribution in [0, 0.1) is 0 Å². The minimum Gasteiger partial charge on any atom is -0.352 e. The van der Waals surface area contributed by atoms with Gasteiger partial charge in [0, 0.05) is 22.2 Å². The molecule has 2 nitrogen and oxygen atoms in total. The zero-order valence-corrected chi connectivity index (χ0v) is 13.6. The van der Waals surface area contributed by atoms with Gasteiger partial charge in [-0.15, -0.1) is 11.3 Å². The highest BCUT2D eigenvalue weighted by atomic mass is 79.9. The van der Waals surface area contributed by atoms with Gasteiger partial charge < -0.3 is 5.32 Å². The van der Waals surface area contributed by atoms with E-state index in [1.807, 2.05) is 0 Å². The predicted molar refractivity (Wildman–Crippen MR) is 85.0 cm³/mol. The fraction of sp³-hybridized carbons (Fsp3) is 0.667. The molecule has 1 amide bonds. The van der Waals surface area contributed by atoms with Crippen molar-refractivity contribution in [2.75, 3.05) is 0 Å². The van der Waals surface area contributed by atoms with E-state index in [4.69, 9.17) is 0 Å². The molecular weight excluding hydrogens is 322 g/mol. The Balaban J connectivity index is 1.68. The number of carbonyl (C=O) groups excluding carboxylic acids is 1. The number of hydrogen-bond acceptors (Lipinski definition) is 2. The van der Waals surface area contributed by atoms with E-state index in [-0.39, 0.29) is 5.91 Å². The minimum atomic E-state index is 0.216. The summed E-state index contributed by atoms with van der Waals surface area (Å²) in [5.74, 6) is 0.216. The molecule has 0 radical (unpaired) electrons. The normalized spacial score (nSPS) is 23.8. The van der Waals surface area contributed by atoms with Crippen molar-refractivity contribution in [3.8, 4) is 0 Å².